The molecule has 0 aliphatic heterocycles. The molecule has 0 spiro atoms. The van der Waals surface area contributed by atoms with E-state index in [0.29, 0.717) is 12.6 Å². The summed E-state index contributed by atoms with van der Waals surface area (Å²) in [6, 6.07) is 6.67. The molecule has 1 saturated carbocycles. The van der Waals surface area contributed by atoms with E-state index in [-0.39, 0.29) is 0 Å². The largest absolute Gasteiger partial charge is 0.492 e. The highest BCUT2D eigenvalue weighted by molar-refractivity contribution is 5.58. The molecule has 0 aromatic carbocycles. The Balaban J connectivity index is 1.67. The SMILES string of the molecule is CCCOc1cncc(-c2ccc(CNC3CC3)o2)c1. The van der Waals surface area contributed by atoms with Gasteiger partial charge in [0, 0.05) is 17.8 Å². The van der Waals surface area contributed by atoms with Gasteiger partial charge in [-0.25, -0.2) is 0 Å². The van der Waals surface area contributed by atoms with Crippen LogP contribution in [0.2, 0.25) is 0 Å². The quantitative estimate of drug-likeness (QED) is 0.839. The van der Waals surface area contributed by atoms with Gasteiger partial charge in [0.05, 0.1) is 19.3 Å². The molecule has 0 saturated heterocycles. The first kappa shape index (κ1) is 13.2. The van der Waals surface area contributed by atoms with Crippen LogP contribution in [0.25, 0.3) is 11.3 Å². The van der Waals surface area contributed by atoms with Crippen molar-refractivity contribution in [3.05, 3.63) is 36.4 Å². The maximum atomic E-state index is 5.85. The summed E-state index contributed by atoms with van der Waals surface area (Å²) in [5.41, 5.74) is 0.955. The minimum atomic E-state index is 0.691. The van der Waals surface area contributed by atoms with Gasteiger partial charge in [-0.15, -0.1) is 0 Å². The zero-order valence-electron chi connectivity index (χ0n) is 11.8. The Bertz CT molecular complexity index is 561. The first-order chi connectivity index (χ1) is 9.85. The van der Waals surface area contributed by atoms with Gasteiger partial charge in [0.2, 0.25) is 0 Å². The van der Waals surface area contributed by atoms with Gasteiger partial charge in [0.15, 0.2) is 0 Å². The number of hydrogen-bond donors (Lipinski definition) is 1. The summed E-state index contributed by atoms with van der Waals surface area (Å²) >= 11 is 0. The Morgan fingerprint density at radius 2 is 2.25 bits per heavy atom. The Labute approximate surface area is 119 Å². The third-order valence-electron chi connectivity index (χ3n) is 3.27. The van der Waals surface area contributed by atoms with Crippen molar-refractivity contribution in [2.45, 2.75) is 38.8 Å². The standard InChI is InChI=1S/C16H20N2O2/c1-2-7-19-15-8-12(9-17-10-15)16-6-5-14(20-16)11-18-13-3-4-13/h5-6,8-10,13,18H,2-4,7,11H2,1H3. The van der Waals surface area contributed by atoms with E-state index in [0.717, 1.165) is 35.8 Å². The van der Waals surface area contributed by atoms with Gasteiger partial charge < -0.3 is 14.5 Å². The van der Waals surface area contributed by atoms with Crippen LogP contribution in [0.5, 0.6) is 5.75 Å². The van der Waals surface area contributed by atoms with E-state index in [1.54, 1.807) is 12.4 Å². The number of nitrogens with one attached hydrogen (secondary N) is 1. The fourth-order valence-electron chi connectivity index (χ4n) is 2.01. The van der Waals surface area contributed by atoms with Crippen LogP contribution in [-0.2, 0) is 6.54 Å². The molecule has 1 fully saturated rings. The predicted octanol–water partition coefficient (Wildman–Crippen LogP) is 3.38. The highest BCUT2D eigenvalue weighted by Gasteiger charge is 2.20. The van der Waals surface area contributed by atoms with Gasteiger partial charge in [-0.05, 0) is 37.5 Å². The van der Waals surface area contributed by atoms with E-state index in [2.05, 4.69) is 17.2 Å². The lowest BCUT2D eigenvalue weighted by molar-refractivity contribution is 0.316. The molecule has 106 valence electrons. The molecule has 4 nitrogen and oxygen atoms in total. The Kier molecular flexibility index (Phi) is 4.02. The molecule has 3 rings (SSSR count). The van der Waals surface area contributed by atoms with E-state index in [1.165, 1.54) is 12.8 Å². The topological polar surface area (TPSA) is 47.3 Å². The van der Waals surface area contributed by atoms with Crippen LogP contribution in [-0.4, -0.2) is 17.6 Å². The smallest absolute Gasteiger partial charge is 0.138 e. The average Bonchev–Trinajstić information content (AvgIpc) is 3.20. The fourth-order valence-corrected chi connectivity index (χ4v) is 2.01. The minimum Gasteiger partial charge on any atom is -0.492 e. The highest BCUT2D eigenvalue weighted by atomic mass is 16.5. The summed E-state index contributed by atoms with van der Waals surface area (Å²) in [5.74, 6) is 2.59. The van der Waals surface area contributed by atoms with E-state index in [1.807, 2.05) is 18.2 Å². The second-order valence-electron chi connectivity index (χ2n) is 5.18. The molecule has 1 aliphatic carbocycles. The summed E-state index contributed by atoms with van der Waals surface area (Å²) in [7, 11) is 0. The van der Waals surface area contributed by atoms with E-state index >= 15 is 0 Å². The van der Waals surface area contributed by atoms with Crippen LogP contribution >= 0.6 is 0 Å². The van der Waals surface area contributed by atoms with Gasteiger partial charge >= 0.3 is 0 Å². The van der Waals surface area contributed by atoms with Crippen molar-refractivity contribution in [1.82, 2.24) is 10.3 Å². The van der Waals surface area contributed by atoms with Crippen molar-refractivity contribution < 1.29 is 9.15 Å². The summed E-state index contributed by atoms with van der Waals surface area (Å²) in [6.07, 6.45) is 7.10. The Morgan fingerprint density at radius 3 is 3.05 bits per heavy atom. The summed E-state index contributed by atoms with van der Waals surface area (Å²) in [5, 5.41) is 3.44. The number of hydrogen-bond acceptors (Lipinski definition) is 4. The lowest BCUT2D eigenvalue weighted by Gasteiger charge is -2.05. The Hall–Kier alpha value is -1.81. The molecule has 20 heavy (non-hydrogen) atoms. The Morgan fingerprint density at radius 1 is 1.35 bits per heavy atom. The lowest BCUT2D eigenvalue weighted by atomic mass is 10.2. The molecule has 0 unspecified atom stereocenters. The van der Waals surface area contributed by atoms with Crippen LogP contribution in [0, 0.1) is 0 Å². The first-order valence-electron chi connectivity index (χ1n) is 7.25. The van der Waals surface area contributed by atoms with Crippen molar-refractivity contribution in [1.29, 1.82) is 0 Å². The number of rotatable bonds is 7. The number of pyridine rings is 1. The van der Waals surface area contributed by atoms with Crippen molar-refractivity contribution in [3.8, 4) is 17.1 Å². The van der Waals surface area contributed by atoms with Gasteiger partial charge in [-0.2, -0.15) is 0 Å². The maximum absolute atomic E-state index is 5.85. The average molecular weight is 272 g/mol. The molecule has 0 atom stereocenters. The number of aromatic nitrogens is 1. The fraction of sp³-hybridized carbons (Fsp3) is 0.438. The van der Waals surface area contributed by atoms with Gasteiger partial charge in [-0.1, -0.05) is 6.92 Å². The van der Waals surface area contributed by atoms with Gasteiger partial charge in [0.1, 0.15) is 17.3 Å². The molecule has 2 heterocycles. The molecule has 2 aromatic heterocycles. The van der Waals surface area contributed by atoms with E-state index < -0.39 is 0 Å². The number of furan rings is 1. The third kappa shape index (κ3) is 3.39. The highest BCUT2D eigenvalue weighted by Crippen LogP contribution is 2.25. The summed E-state index contributed by atoms with van der Waals surface area (Å²) in [6.45, 7) is 3.59. The summed E-state index contributed by atoms with van der Waals surface area (Å²) in [4.78, 5) is 4.21. The molecular weight excluding hydrogens is 252 g/mol. The van der Waals surface area contributed by atoms with Crippen molar-refractivity contribution in [2.75, 3.05) is 6.61 Å². The van der Waals surface area contributed by atoms with Crippen LogP contribution in [0.15, 0.2) is 35.0 Å². The van der Waals surface area contributed by atoms with Gasteiger partial charge in [0.25, 0.3) is 0 Å². The predicted molar refractivity (Wildman–Crippen MR) is 77.6 cm³/mol. The maximum Gasteiger partial charge on any atom is 0.138 e. The zero-order valence-corrected chi connectivity index (χ0v) is 11.8. The molecule has 0 amide bonds. The molecular formula is C16H20N2O2. The van der Waals surface area contributed by atoms with Crippen LogP contribution in [0.3, 0.4) is 0 Å². The van der Waals surface area contributed by atoms with Crippen LogP contribution in [0.4, 0.5) is 0 Å². The monoisotopic (exact) mass is 272 g/mol. The van der Waals surface area contributed by atoms with Crippen molar-refractivity contribution >= 4 is 0 Å². The normalized spacial score (nSPS) is 14.4. The second-order valence-corrected chi connectivity index (χ2v) is 5.18. The van der Waals surface area contributed by atoms with Crippen molar-refractivity contribution in [3.63, 3.8) is 0 Å². The van der Waals surface area contributed by atoms with Gasteiger partial charge in [-0.3, -0.25) is 4.98 Å². The van der Waals surface area contributed by atoms with Crippen molar-refractivity contribution in [2.24, 2.45) is 0 Å². The third-order valence-corrected chi connectivity index (χ3v) is 3.27. The van der Waals surface area contributed by atoms with E-state index in [9.17, 15) is 0 Å². The van der Waals surface area contributed by atoms with E-state index in [4.69, 9.17) is 9.15 Å². The molecule has 1 aliphatic rings. The van der Waals surface area contributed by atoms with Crippen LogP contribution < -0.4 is 10.1 Å². The zero-order chi connectivity index (χ0) is 13.8. The molecule has 2 aromatic rings. The summed E-state index contributed by atoms with van der Waals surface area (Å²) < 4.78 is 11.4. The number of ether oxygens (including phenoxy) is 1. The molecule has 4 heteroatoms. The molecule has 1 N–H and O–H groups in total. The second kappa shape index (κ2) is 6.09. The minimum absolute atomic E-state index is 0.691. The molecule has 0 bridgehead atoms. The first-order valence-corrected chi connectivity index (χ1v) is 7.25. The molecule has 0 radical (unpaired) electrons. The van der Waals surface area contributed by atoms with Crippen LogP contribution in [0.1, 0.15) is 31.9 Å². The number of nitrogens with zero attached hydrogens (tertiary/aromatic N) is 1. The lowest BCUT2D eigenvalue weighted by Crippen LogP contribution is -2.14.